The first-order chi connectivity index (χ1) is 6.17. The standard InChI is InChI=1S/C11H23NO/c1-4-10(5-2)11(13)8-12-6-9(3)7-12/h9-11,13H,4-8H2,1-3H3. The van der Waals surface area contributed by atoms with Gasteiger partial charge in [0.05, 0.1) is 6.10 Å². The Hall–Kier alpha value is -0.0800. The Morgan fingerprint density at radius 2 is 1.85 bits per heavy atom. The molecule has 0 amide bonds. The van der Waals surface area contributed by atoms with Crippen LogP contribution >= 0.6 is 0 Å². The van der Waals surface area contributed by atoms with Crippen LogP contribution in [0.25, 0.3) is 0 Å². The summed E-state index contributed by atoms with van der Waals surface area (Å²) in [6.07, 6.45) is 2.09. The molecule has 13 heavy (non-hydrogen) atoms. The van der Waals surface area contributed by atoms with Crippen LogP contribution in [0, 0.1) is 11.8 Å². The molecule has 0 aromatic heterocycles. The van der Waals surface area contributed by atoms with E-state index in [2.05, 4.69) is 25.7 Å². The summed E-state index contributed by atoms with van der Waals surface area (Å²) in [5.74, 6) is 1.34. The van der Waals surface area contributed by atoms with Gasteiger partial charge in [0, 0.05) is 19.6 Å². The number of aliphatic hydroxyl groups is 1. The van der Waals surface area contributed by atoms with Crippen LogP contribution in [0.3, 0.4) is 0 Å². The maximum Gasteiger partial charge on any atom is 0.0695 e. The molecule has 78 valence electrons. The molecule has 0 aromatic carbocycles. The van der Waals surface area contributed by atoms with Crippen molar-refractivity contribution in [2.75, 3.05) is 19.6 Å². The highest BCUT2D eigenvalue weighted by Gasteiger charge is 2.26. The summed E-state index contributed by atoms with van der Waals surface area (Å²) in [5, 5.41) is 9.89. The second-order valence-corrected chi connectivity index (χ2v) is 4.47. The van der Waals surface area contributed by atoms with Crippen LogP contribution in [0.1, 0.15) is 33.6 Å². The molecule has 0 radical (unpaired) electrons. The number of rotatable bonds is 5. The maximum atomic E-state index is 9.89. The van der Waals surface area contributed by atoms with Crippen molar-refractivity contribution < 1.29 is 5.11 Å². The Bertz CT molecular complexity index is 139. The topological polar surface area (TPSA) is 23.5 Å². The van der Waals surface area contributed by atoms with Gasteiger partial charge in [0.1, 0.15) is 0 Å². The van der Waals surface area contributed by atoms with Gasteiger partial charge in [0.25, 0.3) is 0 Å². The minimum absolute atomic E-state index is 0.109. The Morgan fingerprint density at radius 1 is 1.31 bits per heavy atom. The maximum absolute atomic E-state index is 9.89. The van der Waals surface area contributed by atoms with E-state index in [4.69, 9.17) is 0 Å². The van der Waals surface area contributed by atoms with E-state index < -0.39 is 0 Å². The van der Waals surface area contributed by atoms with Crippen molar-refractivity contribution >= 4 is 0 Å². The largest absolute Gasteiger partial charge is 0.392 e. The van der Waals surface area contributed by atoms with Gasteiger partial charge in [0.2, 0.25) is 0 Å². The van der Waals surface area contributed by atoms with Crippen molar-refractivity contribution in [3.05, 3.63) is 0 Å². The summed E-state index contributed by atoms with van der Waals surface area (Å²) in [6, 6.07) is 0. The van der Waals surface area contributed by atoms with Gasteiger partial charge in [-0.1, -0.05) is 33.6 Å². The first kappa shape index (κ1) is 11.0. The molecule has 0 aromatic rings. The van der Waals surface area contributed by atoms with Gasteiger partial charge in [0.15, 0.2) is 0 Å². The lowest BCUT2D eigenvalue weighted by molar-refractivity contribution is 0.0167. The summed E-state index contributed by atoms with van der Waals surface area (Å²) in [6.45, 7) is 9.83. The fourth-order valence-electron chi connectivity index (χ4n) is 2.22. The van der Waals surface area contributed by atoms with E-state index in [0.29, 0.717) is 5.92 Å². The smallest absolute Gasteiger partial charge is 0.0695 e. The quantitative estimate of drug-likeness (QED) is 0.705. The number of hydrogen-bond acceptors (Lipinski definition) is 2. The van der Waals surface area contributed by atoms with E-state index in [0.717, 1.165) is 25.3 Å². The normalized spacial score (nSPS) is 21.9. The summed E-state index contributed by atoms with van der Waals surface area (Å²) in [7, 11) is 0. The van der Waals surface area contributed by atoms with Crippen molar-refractivity contribution in [2.24, 2.45) is 11.8 Å². The number of aliphatic hydroxyl groups excluding tert-OH is 1. The van der Waals surface area contributed by atoms with Crippen LogP contribution < -0.4 is 0 Å². The summed E-state index contributed by atoms with van der Waals surface area (Å²) >= 11 is 0. The molecule has 1 unspecified atom stereocenters. The van der Waals surface area contributed by atoms with Gasteiger partial charge in [-0.25, -0.2) is 0 Å². The molecule has 0 bridgehead atoms. The molecule has 0 spiro atoms. The van der Waals surface area contributed by atoms with Gasteiger partial charge in [-0.3, -0.25) is 0 Å². The van der Waals surface area contributed by atoms with Crippen molar-refractivity contribution in [3.8, 4) is 0 Å². The Balaban J connectivity index is 2.19. The SMILES string of the molecule is CCC(CC)C(O)CN1CC(C)C1. The first-order valence-electron chi connectivity index (χ1n) is 5.57. The molecule has 0 saturated carbocycles. The average Bonchev–Trinajstić information content (AvgIpc) is 2.04. The third-order valence-electron chi connectivity index (χ3n) is 3.18. The fraction of sp³-hybridized carbons (Fsp3) is 1.00. The second-order valence-electron chi connectivity index (χ2n) is 4.47. The molecule has 2 nitrogen and oxygen atoms in total. The van der Waals surface area contributed by atoms with Crippen LogP contribution in [0.15, 0.2) is 0 Å². The third-order valence-corrected chi connectivity index (χ3v) is 3.18. The second kappa shape index (κ2) is 4.97. The molecule has 1 heterocycles. The summed E-state index contributed by atoms with van der Waals surface area (Å²) in [5.41, 5.74) is 0. The van der Waals surface area contributed by atoms with E-state index in [1.165, 1.54) is 13.1 Å². The lowest BCUT2D eigenvalue weighted by atomic mass is 9.94. The first-order valence-corrected chi connectivity index (χ1v) is 5.57. The number of nitrogens with zero attached hydrogens (tertiary/aromatic N) is 1. The lowest BCUT2D eigenvalue weighted by Gasteiger charge is -2.39. The van der Waals surface area contributed by atoms with Crippen molar-refractivity contribution in [1.82, 2.24) is 4.90 Å². The molecule has 1 fully saturated rings. The third kappa shape index (κ3) is 2.96. The average molecular weight is 185 g/mol. The fourth-order valence-corrected chi connectivity index (χ4v) is 2.22. The molecule has 1 rings (SSSR count). The molecule has 1 N–H and O–H groups in total. The number of hydrogen-bond donors (Lipinski definition) is 1. The highest BCUT2D eigenvalue weighted by atomic mass is 16.3. The van der Waals surface area contributed by atoms with Crippen LogP contribution in [0.5, 0.6) is 0 Å². The lowest BCUT2D eigenvalue weighted by Crippen LogP contribution is -2.49. The molecule has 1 aliphatic rings. The van der Waals surface area contributed by atoms with Crippen molar-refractivity contribution in [2.45, 2.75) is 39.7 Å². The summed E-state index contributed by atoms with van der Waals surface area (Å²) < 4.78 is 0. The van der Waals surface area contributed by atoms with Gasteiger partial charge in [-0.05, 0) is 11.8 Å². The predicted molar refractivity (Wildman–Crippen MR) is 55.7 cm³/mol. The zero-order valence-electron chi connectivity index (χ0n) is 9.16. The van der Waals surface area contributed by atoms with Crippen LogP contribution in [0.2, 0.25) is 0 Å². The Kier molecular flexibility index (Phi) is 4.20. The van der Waals surface area contributed by atoms with E-state index in [9.17, 15) is 5.11 Å². The van der Waals surface area contributed by atoms with Crippen LogP contribution in [0.4, 0.5) is 0 Å². The number of β-amino-alcohol motifs (C(OH)–C–C–N with tert-alkyl or cyclic N) is 1. The molecule has 1 atom stereocenters. The van der Waals surface area contributed by atoms with Gasteiger partial charge >= 0.3 is 0 Å². The zero-order chi connectivity index (χ0) is 9.84. The molecule has 2 heteroatoms. The highest BCUT2D eigenvalue weighted by molar-refractivity contribution is 4.80. The van der Waals surface area contributed by atoms with E-state index in [1.54, 1.807) is 0 Å². The number of likely N-dealkylation sites (tertiary alicyclic amines) is 1. The van der Waals surface area contributed by atoms with E-state index in [1.807, 2.05) is 0 Å². The van der Waals surface area contributed by atoms with Gasteiger partial charge < -0.3 is 10.0 Å². The predicted octanol–water partition coefficient (Wildman–Crippen LogP) is 1.74. The highest BCUT2D eigenvalue weighted by Crippen LogP contribution is 2.19. The molecule has 1 saturated heterocycles. The Labute approximate surface area is 81.9 Å². The zero-order valence-corrected chi connectivity index (χ0v) is 9.16. The molecular formula is C11H23NO. The Morgan fingerprint density at radius 3 is 2.23 bits per heavy atom. The van der Waals surface area contributed by atoms with Crippen LogP contribution in [-0.4, -0.2) is 35.7 Å². The van der Waals surface area contributed by atoms with E-state index in [-0.39, 0.29) is 6.10 Å². The molecular weight excluding hydrogens is 162 g/mol. The summed E-state index contributed by atoms with van der Waals surface area (Å²) in [4.78, 5) is 2.35. The van der Waals surface area contributed by atoms with Crippen LogP contribution in [-0.2, 0) is 0 Å². The van der Waals surface area contributed by atoms with Gasteiger partial charge in [-0.2, -0.15) is 0 Å². The molecule has 0 aliphatic carbocycles. The minimum Gasteiger partial charge on any atom is -0.392 e. The van der Waals surface area contributed by atoms with Crippen molar-refractivity contribution in [3.63, 3.8) is 0 Å². The minimum atomic E-state index is -0.109. The van der Waals surface area contributed by atoms with Gasteiger partial charge in [-0.15, -0.1) is 0 Å². The monoisotopic (exact) mass is 185 g/mol. The molecule has 1 aliphatic heterocycles. The van der Waals surface area contributed by atoms with Crippen molar-refractivity contribution in [1.29, 1.82) is 0 Å². The van der Waals surface area contributed by atoms with E-state index >= 15 is 0 Å².